The Morgan fingerprint density at radius 2 is 1.79 bits per heavy atom. The van der Waals surface area contributed by atoms with Crippen molar-refractivity contribution < 1.29 is 9.53 Å². The number of aryl methyl sites for hydroxylation is 2. The molecule has 1 amide bonds. The third kappa shape index (κ3) is 3.61. The fraction of sp³-hybridized carbons (Fsp3) is 0.533. The lowest BCUT2D eigenvalue weighted by molar-refractivity contribution is 0.139. The highest BCUT2D eigenvalue weighted by Crippen LogP contribution is 2.26. The Morgan fingerprint density at radius 3 is 2.21 bits per heavy atom. The molecule has 1 aromatic rings. The third-order valence-corrected chi connectivity index (χ3v) is 3.55. The standard InChI is InChI=1S/C14H19NO2.CH3I/c1-5-13-8-15(14(16)17-13)12-6-9(2)11(4)10(3)7-12;1-2/h6-7,13H,5,8H2,1-4H3;1H3/t13-;/m0./s1. The van der Waals surface area contributed by atoms with Crippen LogP contribution in [0.2, 0.25) is 0 Å². The smallest absolute Gasteiger partial charge is 0.414 e. The van der Waals surface area contributed by atoms with Gasteiger partial charge < -0.3 is 4.74 Å². The first-order chi connectivity index (χ1) is 9.02. The van der Waals surface area contributed by atoms with Crippen LogP contribution in [-0.4, -0.2) is 23.7 Å². The van der Waals surface area contributed by atoms with E-state index in [9.17, 15) is 4.79 Å². The zero-order valence-corrected chi connectivity index (χ0v) is 14.4. The number of anilines is 1. The van der Waals surface area contributed by atoms with E-state index in [0.717, 1.165) is 12.1 Å². The lowest BCUT2D eigenvalue weighted by atomic mass is 10.0. The summed E-state index contributed by atoms with van der Waals surface area (Å²) in [7, 11) is 0. The van der Waals surface area contributed by atoms with Gasteiger partial charge in [0.2, 0.25) is 0 Å². The number of hydrogen-bond donors (Lipinski definition) is 0. The number of hydrogen-bond acceptors (Lipinski definition) is 2. The SMILES string of the molecule is CC[C@H]1CN(c2cc(C)c(C)c(C)c2)C(=O)O1.CI. The van der Waals surface area contributed by atoms with Crippen molar-refractivity contribution in [2.75, 3.05) is 16.4 Å². The first-order valence-electron chi connectivity index (χ1n) is 6.46. The Bertz CT molecular complexity index is 436. The van der Waals surface area contributed by atoms with Gasteiger partial charge in [-0.25, -0.2) is 4.79 Å². The van der Waals surface area contributed by atoms with Gasteiger partial charge in [-0.1, -0.05) is 29.5 Å². The first-order valence-corrected chi connectivity index (χ1v) is 8.62. The Balaban J connectivity index is 0.000000861. The molecule has 3 nitrogen and oxygen atoms in total. The summed E-state index contributed by atoms with van der Waals surface area (Å²) in [6.45, 7) is 8.95. The number of rotatable bonds is 2. The first kappa shape index (κ1) is 16.3. The summed E-state index contributed by atoms with van der Waals surface area (Å²) in [6, 6.07) is 4.11. The number of ether oxygens (including phenoxy) is 1. The van der Waals surface area contributed by atoms with Crippen molar-refractivity contribution in [1.82, 2.24) is 0 Å². The number of halogens is 1. The van der Waals surface area contributed by atoms with E-state index in [2.05, 4.69) is 55.5 Å². The third-order valence-electron chi connectivity index (χ3n) is 3.55. The zero-order chi connectivity index (χ0) is 14.6. The van der Waals surface area contributed by atoms with Crippen LogP contribution in [0.5, 0.6) is 0 Å². The van der Waals surface area contributed by atoms with Crippen LogP contribution in [0.25, 0.3) is 0 Å². The van der Waals surface area contributed by atoms with E-state index in [4.69, 9.17) is 4.74 Å². The number of carbonyl (C=O) groups excluding carboxylic acids is 1. The predicted molar refractivity (Wildman–Crippen MR) is 88.5 cm³/mol. The van der Waals surface area contributed by atoms with Crippen LogP contribution in [-0.2, 0) is 4.74 Å². The van der Waals surface area contributed by atoms with Gasteiger partial charge >= 0.3 is 6.09 Å². The molecule has 1 aromatic carbocycles. The van der Waals surface area contributed by atoms with Crippen molar-refractivity contribution in [1.29, 1.82) is 0 Å². The highest BCUT2D eigenvalue weighted by atomic mass is 127. The van der Waals surface area contributed by atoms with Gasteiger partial charge in [-0.3, -0.25) is 4.90 Å². The molecule has 0 bridgehead atoms. The Kier molecular flexibility index (Phi) is 6.10. The largest absolute Gasteiger partial charge is 0.444 e. The monoisotopic (exact) mass is 375 g/mol. The molecule has 1 saturated heterocycles. The maximum atomic E-state index is 11.8. The highest BCUT2D eigenvalue weighted by molar-refractivity contribution is 14.1. The van der Waals surface area contributed by atoms with Crippen LogP contribution in [0.1, 0.15) is 30.0 Å². The van der Waals surface area contributed by atoms with Gasteiger partial charge in [-0.2, -0.15) is 0 Å². The molecule has 1 aliphatic heterocycles. The van der Waals surface area contributed by atoms with E-state index >= 15 is 0 Å². The second-order valence-corrected chi connectivity index (χ2v) is 4.73. The maximum Gasteiger partial charge on any atom is 0.414 e. The molecule has 0 aromatic heterocycles. The molecule has 19 heavy (non-hydrogen) atoms. The maximum absolute atomic E-state index is 11.8. The average molecular weight is 375 g/mol. The lowest BCUT2D eigenvalue weighted by Crippen LogP contribution is -2.24. The topological polar surface area (TPSA) is 29.5 Å². The molecule has 0 N–H and O–H groups in total. The summed E-state index contributed by atoms with van der Waals surface area (Å²) in [4.78, 5) is 15.5. The predicted octanol–water partition coefficient (Wildman–Crippen LogP) is 4.40. The van der Waals surface area contributed by atoms with E-state index in [1.165, 1.54) is 16.7 Å². The summed E-state index contributed by atoms with van der Waals surface area (Å²) in [5.74, 6) is 0. The van der Waals surface area contributed by atoms with Crippen molar-refractivity contribution in [3.63, 3.8) is 0 Å². The van der Waals surface area contributed by atoms with Crippen LogP contribution in [0, 0.1) is 20.8 Å². The van der Waals surface area contributed by atoms with Gasteiger partial charge in [0.15, 0.2) is 0 Å². The molecule has 1 fully saturated rings. The molecule has 1 atom stereocenters. The van der Waals surface area contributed by atoms with Crippen LogP contribution in [0.15, 0.2) is 12.1 Å². The molecule has 0 radical (unpaired) electrons. The summed E-state index contributed by atoms with van der Waals surface area (Å²) in [5.41, 5.74) is 4.67. The molecule has 0 unspecified atom stereocenters. The number of benzene rings is 1. The molecule has 1 aliphatic rings. The Labute approximate surface area is 129 Å². The minimum Gasteiger partial charge on any atom is -0.444 e. The molecule has 0 spiro atoms. The number of alkyl halides is 1. The normalized spacial score (nSPS) is 17.9. The van der Waals surface area contributed by atoms with E-state index in [0.29, 0.717) is 6.54 Å². The second kappa shape index (κ2) is 7.12. The van der Waals surface area contributed by atoms with E-state index in [-0.39, 0.29) is 12.2 Å². The van der Waals surface area contributed by atoms with Gasteiger partial charge in [-0.15, -0.1) is 0 Å². The summed E-state index contributed by atoms with van der Waals surface area (Å²) >= 11 is 2.15. The van der Waals surface area contributed by atoms with Crippen LogP contribution in [0.4, 0.5) is 10.5 Å². The molecule has 4 heteroatoms. The fourth-order valence-corrected chi connectivity index (χ4v) is 2.11. The van der Waals surface area contributed by atoms with E-state index < -0.39 is 0 Å². The molecule has 0 saturated carbocycles. The number of amides is 1. The van der Waals surface area contributed by atoms with Gasteiger partial charge in [0.25, 0.3) is 0 Å². The van der Waals surface area contributed by atoms with Gasteiger partial charge in [-0.05, 0) is 60.9 Å². The number of nitrogens with zero attached hydrogens (tertiary/aromatic N) is 1. The number of cyclic esters (lactones) is 1. The molecular formula is C15H22INO2. The zero-order valence-electron chi connectivity index (χ0n) is 12.3. The van der Waals surface area contributed by atoms with Crippen molar-refractivity contribution in [3.05, 3.63) is 28.8 Å². The number of carbonyl (C=O) groups is 1. The lowest BCUT2D eigenvalue weighted by Gasteiger charge is -2.16. The van der Waals surface area contributed by atoms with Crippen molar-refractivity contribution in [3.8, 4) is 0 Å². The fourth-order valence-electron chi connectivity index (χ4n) is 2.11. The summed E-state index contributed by atoms with van der Waals surface area (Å²) < 4.78 is 5.27. The highest BCUT2D eigenvalue weighted by Gasteiger charge is 2.31. The van der Waals surface area contributed by atoms with Crippen LogP contribution < -0.4 is 4.90 Å². The quantitative estimate of drug-likeness (QED) is 0.567. The van der Waals surface area contributed by atoms with E-state index in [1.54, 1.807) is 4.90 Å². The van der Waals surface area contributed by atoms with Crippen LogP contribution in [0.3, 0.4) is 0 Å². The van der Waals surface area contributed by atoms with Gasteiger partial charge in [0, 0.05) is 5.69 Å². The summed E-state index contributed by atoms with van der Waals surface area (Å²) in [5, 5.41) is 0. The summed E-state index contributed by atoms with van der Waals surface area (Å²) in [6.07, 6.45) is 0.676. The van der Waals surface area contributed by atoms with E-state index in [1.807, 2.05) is 11.9 Å². The van der Waals surface area contributed by atoms with Gasteiger partial charge in [0.1, 0.15) is 6.10 Å². The average Bonchev–Trinajstić information content (AvgIpc) is 2.79. The second-order valence-electron chi connectivity index (χ2n) is 4.73. The Morgan fingerprint density at radius 1 is 1.26 bits per heavy atom. The molecular weight excluding hydrogens is 353 g/mol. The van der Waals surface area contributed by atoms with Crippen molar-refractivity contribution >= 4 is 34.4 Å². The molecule has 2 rings (SSSR count). The minimum absolute atomic E-state index is 0.0319. The van der Waals surface area contributed by atoms with Crippen molar-refractivity contribution in [2.45, 2.75) is 40.2 Å². The molecule has 106 valence electrons. The Hall–Kier alpha value is -0.780. The molecule has 0 aliphatic carbocycles. The van der Waals surface area contributed by atoms with Crippen LogP contribution >= 0.6 is 22.6 Å². The minimum atomic E-state index is -0.223. The van der Waals surface area contributed by atoms with Gasteiger partial charge in [0.05, 0.1) is 6.54 Å². The molecule has 1 heterocycles. The van der Waals surface area contributed by atoms with Crippen molar-refractivity contribution in [2.24, 2.45) is 0 Å².